The van der Waals surface area contributed by atoms with Crippen LogP contribution in [0.15, 0.2) is 24.3 Å². The molecule has 0 aliphatic heterocycles. The largest absolute Gasteiger partial charge is 0.233 e. The second-order valence-electron chi connectivity index (χ2n) is 1.77. The monoisotopic (exact) mass is 134 g/mol. The molecule has 1 nitrogen and oxygen atoms in total. The second-order valence-corrected chi connectivity index (χ2v) is 2.60. The molecule has 0 fully saturated rings. The van der Waals surface area contributed by atoms with E-state index in [2.05, 4.69) is 10.5 Å². The molecule has 0 saturated heterocycles. The molecular formula is C7H4NS. The molecule has 0 saturated carbocycles. The van der Waals surface area contributed by atoms with Gasteiger partial charge in [0.2, 0.25) is 0 Å². The van der Waals surface area contributed by atoms with Gasteiger partial charge in [0.1, 0.15) is 0 Å². The van der Waals surface area contributed by atoms with Gasteiger partial charge in [0.25, 0.3) is 0 Å². The van der Waals surface area contributed by atoms with Crippen LogP contribution in [0.3, 0.4) is 0 Å². The molecular weight excluding hydrogens is 130 g/mol. The number of rotatable bonds is 0. The van der Waals surface area contributed by atoms with Crippen molar-refractivity contribution in [1.82, 2.24) is 4.98 Å². The minimum atomic E-state index is 1.04. The molecule has 1 aromatic heterocycles. The van der Waals surface area contributed by atoms with Gasteiger partial charge < -0.3 is 0 Å². The topological polar surface area (TPSA) is 12.9 Å². The van der Waals surface area contributed by atoms with Crippen molar-refractivity contribution in [2.45, 2.75) is 0 Å². The molecule has 1 radical (unpaired) electrons. The van der Waals surface area contributed by atoms with Gasteiger partial charge in [0, 0.05) is 0 Å². The van der Waals surface area contributed by atoms with Crippen LogP contribution < -0.4 is 0 Å². The SMILES string of the molecule is [c]1nc2ccccc2s1. The predicted octanol–water partition coefficient (Wildman–Crippen LogP) is 2.10. The van der Waals surface area contributed by atoms with Crippen LogP contribution in [-0.2, 0) is 0 Å². The Morgan fingerprint density at radius 1 is 1.33 bits per heavy atom. The highest BCUT2D eigenvalue weighted by Gasteiger charge is 1.90. The molecule has 43 valence electrons. The maximum absolute atomic E-state index is 4.01. The predicted molar refractivity (Wildman–Crippen MR) is 38.5 cm³/mol. The minimum absolute atomic E-state index is 1.04. The number of hydrogen-bond acceptors (Lipinski definition) is 2. The summed E-state index contributed by atoms with van der Waals surface area (Å²) in [5, 5.41) is 0. The lowest BCUT2D eigenvalue weighted by Gasteiger charge is -1.80. The average molecular weight is 134 g/mol. The fourth-order valence-corrected chi connectivity index (χ4v) is 1.36. The van der Waals surface area contributed by atoms with Crippen molar-refractivity contribution >= 4 is 21.6 Å². The lowest BCUT2D eigenvalue weighted by atomic mass is 10.3. The highest BCUT2D eigenvalue weighted by Crippen LogP contribution is 2.14. The summed E-state index contributed by atoms with van der Waals surface area (Å²) in [6.07, 6.45) is 0. The van der Waals surface area contributed by atoms with Crippen molar-refractivity contribution < 1.29 is 0 Å². The molecule has 1 heterocycles. The smallest absolute Gasteiger partial charge is 0.153 e. The fraction of sp³-hybridized carbons (Fsp3) is 0. The van der Waals surface area contributed by atoms with Crippen LogP contribution in [0, 0.1) is 5.51 Å². The number of para-hydroxylation sites is 1. The fourth-order valence-electron chi connectivity index (χ4n) is 0.757. The van der Waals surface area contributed by atoms with E-state index < -0.39 is 0 Å². The van der Waals surface area contributed by atoms with Crippen molar-refractivity contribution in [3.05, 3.63) is 29.8 Å². The summed E-state index contributed by atoms with van der Waals surface area (Å²) >= 11 is 1.55. The summed E-state index contributed by atoms with van der Waals surface area (Å²) in [7, 11) is 0. The highest BCUT2D eigenvalue weighted by atomic mass is 32.1. The normalized spacial score (nSPS) is 10.2. The quantitative estimate of drug-likeness (QED) is 0.537. The third-order valence-corrected chi connectivity index (χ3v) is 1.93. The van der Waals surface area contributed by atoms with Gasteiger partial charge >= 0.3 is 0 Å². The lowest BCUT2D eigenvalue weighted by molar-refractivity contribution is 1.48. The number of fused-ring (bicyclic) bond motifs is 1. The average Bonchev–Trinajstić information content (AvgIpc) is 2.33. The van der Waals surface area contributed by atoms with E-state index in [4.69, 9.17) is 0 Å². The standard InChI is InChI=1S/C7H4NS/c1-2-4-7-6(3-1)8-5-9-7/h1-4H. The van der Waals surface area contributed by atoms with Crippen LogP contribution in [-0.4, -0.2) is 4.98 Å². The third kappa shape index (κ3) is 0.715. The maximum Gasteiger partial charge on any atom is 0.153 e. The molecule has 2 rings (SSSR count). The second kappa shape index (κ2) is 1.81. The molecule has 0 N–H and O–H groups in total. The molecule has 0 spiro atoms. The van der Waals surface area contributed by atoms with Crippen molar-refractivity contribution in [3.8, 4) is 0 Å². The molecule has 2 heteroatoms. The van der Waals surface area contributed by atoms with Gasteiger partial charge in [0.15, 0.2) is 5.51 Å². The van der Waals surface area contributed by atoms with E-state index >= 15 is 0 Å². The Bertz CT molecular complexity index is 283. The van der Waals surface area contributed by atoms with Gasteiger partial charge in [-0.05, 0) is 12.1 Å². The Kier molecular flexibility index (Phi) is 0.993. The Balaban J connectivity index is 2.95. The Morgan fingerprint density at radius 2 is 2.22 bits per heavy atom. The summed E-state index contributed by atoms with van der Waals surface area (Å²) < 4.78 is 1.21. The summed E-state index contributed by atoms with van der Waals surface area (Å²) in [4.78, 5) is 4.01. The van der Waals surface area contributed by atoms with Crippen LogP contribution in [0.1, 0.15) is 0 Å². The zero-order chi connectivity index (χ0) is 6.10. The molecule has 0 unspecified atom stereocenters. The molecule has 0 amide bonds. The van der Waals surface area contributed by atoms with E-state index in [-0.39, 0.29) is 0 Å². The minimum Gasteiger partial charge on any atom is -0.233 e. The number of aromatic nitrogens is 1. The van der Waals surface area contributed by atoms with Crippen LogP contribution >= 0.6 is 11.3 Å². The van der Waals surface area contributed by atoms with Gasteiger partial charge in [-0.2, -0.15) is 0 Å². The van der Waals surface area contributed by atoms with Gasteiger partial charge in [-0.25, -0.2) is 4.98 Å². The van der Waals surface area contributed by atoms with Crippen molar-refractivity contribution in [2.75, 3.05) is 0 Å². The molecule has 0 bridgehead atoms. The maximum atomic E-state index is 4.01. The van der Waals surface area contributed by atoms with Gasteiger partial charge in [-0.1, -0.05) is 12.1 Å². The Labute approximate surface area is 57.0 Å². The first-order chi connectivity index (χ1) is 4.47. The summed E-state index contributed by atoms with van der Waals surface area (Å²) in [6.45, 7) is 0. The first-order valence-electron chi connectivity index (χ1n) is 2.68. The first kappa shape index (κ1) is 4.94. The zero-order valence-corrected chi connectivity index (χ0v) is 5.48. The van der Waals surface area contributed by atoms with Crippen LogP contribution in [0.4, 0.5) is 0 Å². The highest BCUT2D eigenvalue weighted by molar-refractivity contribution is 7.16. The summed E-state index contributed by atoms with van der Waals surface area (Å²) in [6, 6.07) is 8.02. The van der Waals surface area contributed by atoms with Crippen LogP contribution in [0.25, 0.3) is 10.2 Å². The van der Waals surface area contributed by atoms with Crippen LogP contribution in [0.2, 0.25) is 0 Å². The lowest BCUT2D eigenvalue weighted by Crippen LogP contribution is -1.61. The zero-order valence-electron chi connectivity index (χ0n) is 4.66. The van der Waals surface area contributed by atoms with Crippen molar-refractivity contribution in [1.29, 1.82) is 0 Å². The first-order valence-corrected chi connectivity index (χ1v) is 3.50. The number of nitrogens with zero attached hydrogens (tertiary/aromatic N) is 1. The van der Waals surface area contributed by atoms with Crippen LogP contribution in [0.5, 0.6) is 0 Å². The van der Waals surface area contributed by atoms with Crippen molar-refractivity contribution in [3.63, 3.8) is 0 Å². The van der Waals surface area contributed by atoms with Gasteiger partial charge in [-0.15, -0.1) is 11.3 Å². The van der Waals surface area contributed by atoms with E-state index in [0.717, 1.165) is 5.52 Å². The number of hydrogen-bond donors (Lipinski definition) is 0. The van der Waals surface area contributed by atoms with Gasteiger partial charge in [-0.3, -0.25) is 0 Å². The summed E-state index contributed by atoms with van der Waals surface area (Å²) in [5.41, 5.74) is 3.87. The number of thiazole rings is 1. The van der Waals surface area contributed by atoms with E-state index in [0.29, 0.717) is 0 Å². The molecule has 9 heavy (non-hydrogen) atoms. The van der Waals surface area contributed by atoms with Crippen molar-refractivity contribution in [2.24, 2.45) is 0 Å². The van der Waals surface area contributed by atoms with E-state index in [1.807, 2.05) is 24.3 Å². The summed E-state index contributed by atoms with van der Waals surface area (Å²) in [5.74, 6) is 0. The van der Waals surface area contributed by atoms with Gasteiger partial charge in [0.05, 0.1) is 10.2 Å². The Morgan fingerprint density at radius 3 is 3.11 bits per heavy atom. The van der Waals surface area contributed by atoms with E-state index in [9.17, 15) is 0 Å². The molecule has 0 aliphatic rings. The number of benzene rings is 1. The molecule has 1 aromatic carbocycles. The third-order valence-electron chi connectivity index (χ3n) is 1.19. The molecule has 0 aliphatic carbocycles. The Hall–Kier alpha value is -0.890. The molecule has 0 atom stereocenters. The van der Waals surface area contributed by atoms with E-state index in [1.54, 1.807) is 11.3 Å². The molecule has 2 aromatic rings. The van der Waals surface area contributed by atoms with E-state index in [1.165, 1.54) is 4.70 Å².